The number of benzene rings is 1. The van der Waals surface area contributed by atoms with Crippen molar-refractivity contribution < 1.29 is 14.2 Å². The lowest BCUT2D eigenvalue weighted by molar-refractivity contribution is 0.324. The van der Waals surface area contributed by atoms with Gasteiger partial charge in [-0.1, -0.05) is 0 Å². The van der Waals surface area contributed by atoms with Crippen LogP contribution in [0.2, 0.25) is 0 Å². The molecular formula is C19H21N3O4. The highest BCUT2D eigenvalue weighted by Crippen LogP contribution is 2.39. The average molecular weight is 355 g/mol. The van der Waals surface area contributed by atoms with E-state index in [0.717, 1.165) is 16.7 Å². The molecule has 26 heavy (non-hydrogen) atoms. The minimum atomic E-state index is -0.149. The van der Waals surface area contributed by atoms with Gasteiger partial charge in [-0.25, -0.2) is 0 Å². The molecular weight excluding hydrogens is 334 g/mol. The first-order valence-corrected chi connectivity index (χ1v) is 8.01. The summed E-state index contributed by atoms with van der Waals surface area (Å²) < 4.78 is 19.4. The van der Waals surface area contributed by atoms with Crippen molar-refractivity contribution in [1.82, 2.24) is 14.3 Å². The van der Waals surface area contributed by atoms with Crippen LogP contribution in [0.3, 0.4) is 0 Å². The smallest absolute Gasteiger partial charge is 0.255 e. The van der Waals surface area contributed by atoms with Crippen molar-refractivity contribution in [2.45, 2.75) is 6.92 Å². The van der Waals surface area contributed by atoms with Crippen LogP contribution in [0, 0.1) is 6.92 Å². The number of hydrogen-bond acceptors (Lipinski definition) is 5. The molecule has 0 aliphatic carbocycles. The number of nitrogens with zero attached hydrogens (tertiary/aromatic N) is 3. The second kappa shape index (κ2) is 6.95. The van der Waals surface area contributed by atoms with Crippen molar-refractivity contribution in [3.05, 3.63) is 52.7 Å². The second-order valence-electron chi connectivity index (χ2n) is 5.86. The Balaban J connectivity index is 2.22. The fourth-order valence-electron chi connectivity index (χ4n) is 2.90. The fourth-order valence-corrected chi connectivity index (χ4v) is 2.90. The Morgan fingerprint density at radius 2 is 1.62 bits per heavy atom. The molecule has 0 aliphatic heterocycles. The van der Waals surface area contributed by atoms with E-state index in [2.05, 4.69) is 5.10 Å². The first-order chi connectivity index (χ1) is 12.5. The fraction of sp³-hybridized carbons (Fsp3) is 0.263. The maximum absolute atomic E-state index is 12.6. The number of pyridine rings is 1. The van der Waals surface area contributed by atoms with Crippen molar-refractivity contribution in [3.63, 3.8) is 0 Å². The Hall–Kier alpha value is -3.22. The zero-order valence-electron chi connectivity index (χ0n) is 15.4. The number of methoxy groups -OCH3 is 3. The highest BCUT2D eigenvalue weighted by molar-refractivity contribution is 5.66. The molecule has 7 nitrogen and oxygen atoms in total. The van der Waals surface area contributed by atoms with Gasteiger partial charge in [-0.3, -0.25) is 14.0 Å². The molecule has 1 aromatic carbocycles. The van der Waals surface area contributed by atoms with Crippen LogP contribution < -0.4 is 19.8 Å². The van der Waals surface area contributed by atoms with Gasteiger partial charge in [0.05, 0.1) is 33.2 Å². The summed E-state index contributed by atoms with van der Waals surface area (Å²) in [5.41, 5.74) is 3.21. The molecule has 0 spiro atoms. The molecule has 7 heteroatoms. The molecule has 0 N–H and O–H groups in total. The van der Waals surface area contributed by atoms with Crippen LogP contribution in [-0.4, -0.2) is 35.7 Å². The van der Waals surface area contributed by atoms with Crippen molar-refractivity contribution in [3.8, 4) is 34.1 Å². The van der Waals surface area contributed by atoms with Crippen molar-refractivity contribution in [1.29, 1.82) is 0 Å². The van der Waals surface area contributed by atoms with Gasteiger partial charge in [0.2, 0.25) is 5.75 Å². The Morgan fingerprint density at radius 1 is 0.962 bits per heavy atom. The van der Waals surface area contributed by atoms with E-state index in [9.17, 15) is 4.79 Å². The first kappa shape index (κ1) is 17.6. The highest BCUT2D eigenvalue weighted by Gasteiger charge is 2.16. The van der Waals surface area contributed by atoms with E-state index in [1.54, 1.807) is 61.2 Å². The first-order valence-electron chi connectivity index (χ1n) is 8.01. The summed E-state index contributed by atoms with van der Waals surface area (Å²) in [5, 5.41) is 4.21. The maximum Gasteiger partial charge on any atom is 0.255 e. The van der Waals surface area contributed by atoms with Gasteiger partial charge in [-0.2, -0.15) is 5.10 Å². The monoisotopic (exact) mass is 355 g/mol. The third-order valence-corrected chi connectivity index (χ3v) is 4.20. The number of ether oxygens (including phenoxy) is 3. The van der Waals surface area contributed by atoms with Crippen molar-refractivity contribution >= 4 is 0 Å². The number of aromatic nitrogens is 3. The van der Waals surface area contributed by atoms with Gasteiger partial charge in [0.25, 0.3) is 5.56 Å². The van der Waals surface area contributed by atoms with Crippen molar-refractivity contribution in [2.75, 3.05) is 21.3 Å². The highest BCUT2D eigenvalue weighted by atomic mass is 16.5. The zero-order chi connectivity index (χ0) is 18.8. The lowest BCUT2D eigenvalue weighted by Gasteiger charge is -2.16. The Labute approximate surface area is 151 Å². The van der Waals surface area contributed by atoms with E-state index in [4.69, 9.17) is 14.2 Å². The standard InChI is InChI=1S/C19H21N3O4/c1-12-6-18(23)22(11-15(12)13-9-20-21(2)10-13)14-7-16(24-3)19(26-5)17(8-14)25-4/h6-11H,1-5H3. The summed E-state index contributed by atoms with van der Waals surface area (Å²) in [7, 11) is 6.48. The summed E-state index contributed by atoms with van der Waals surface area (Å²) in [5.74, 6) is 1.45. The van der Waals surface area contributed by atoms with Crippen LogP contribution in [0.5, 0.6) is 17.2 Å². The Kier molecular flexibility index (Phi) is 4.71. The molecule has 3 rings (SSSR count). The molecule has 2 heterocycles. The van der Waals surface area contributed by atoms with Crippen LogP contribution in [0.4, 0.5) is 0 Å². The average Bonchev–Trinajstić information content (AvgIpc) is 3.06. The van der Waals surface area contributed by atoms with E-state index in [1.165, 1.54) is 0 Å². The Bertz CT molecular complexity index is 979. The molecule has 3 aromatic rings. The van der Waals surface area contributed by atoms with E-state index < -0.39 is 0 Å². The predicted octanol–water partition coefficient (Wildman–Crippen LogP) is 2.57. The van der Waals surface area contributed by atoms with E-state index >= 15 is 0 Å². The summed E-state index contributed by atoms with van der Waals surface area (Å²) in [6.07, 6.45) is 5.48. The number of hydrogen-bond donors (Lipinski definition) is 0. The number of aryl methyl sites for hydroxylation is 2. The van der Waals surface area contributed by atoms with Gasteiger partial charge in [0.15, 0.2) is 11.5 Å². The largest absolute Gasteiger partial charge is 0.493 e. The van der Waals surface area contributed by atoms with Gasteiger partial charge in [-0.15, -0.1) is 0 Å². The molecule has 2 aromatic heterocycles. The van der Waals surface area contributed by atoms with Crippen LogP contribution in [0.1, 0.15) is 5.56 Å². The van der Waals surface area contributed by atoms with Gasteiger partial charge < -0.3 is 14.2 Å². The normalized spacial score (nSPS) is 10.7. The van der Waals surface area contributed by atoms with E-state index in [0.29, 0.717) is 22.9 Å². The molecule has 0 radical (unpaired) electrons. The molecule has 0 atom stereocenters. The third kappa shape index (κ3) is 3.03. The molecule has 0 amide bonds. The van der Waals surface area contributed by atoms with E-state index in [1.807, 2.05) is 20.2 Å². The topological polar surface area (TPSA) is 67.5 Å². The lowest BCUT2D eigenvalue weighted by Crippen LogP contribution is -2.18. The summed E-state index contributed by atoms with van der Waals surface area (Å²) in [6, 6.07) is 5.09. The summed E-state index contributed by atoms with van der Waals surface area (Å²) >= 11 is 0. The van der Waals surface area contributed by atoms with E-state index in [-0.39, 0.29) is 5.56 Å². The molecule has 0 bridgehead atoms. The molecule has 0 fully saturated rings. The van der Waals surface area contributed by atoms with Crippen molar-refractivity contribution in [2.24, 2.45) is 7.05 Å². The van der Waals surface area contributed by atoms with Gasteiger partial charge in [0, 0.05) is 48.8 Å². The minimum absolute atomic E-state index is 0.149. The SMILES string of the molecule is COc1cc(-n2cc(-c3cnn(C)c3)c(C)cc2=O)cc(OC)c1OC. The van der Waals surface area contributed by atoms with Gasteiger partial charge in [0.1, 0.15) is 0 Å². The quantitative estimate of drug-likeness (QED) is 0.704. The molecule has 0 saturated carbocycles. The predicted molar refractivity (Wildman–Crippen MR) is 98.6 cm³/mol. The second-order valence-corrected chi connectivity index (χ2v) is 5.86. The number of rotatable bonds is 5. The van der Waals surface area contributed by atoms with Gasteiger partial charge in [-0.05, 0) is 12.5 Å². The molecule has 0 aliphatic rings. The van der Waals surface area contributed by atoms with Gasteiger partial charge >= 0.3 is 0 Å². The van der Waals surface area contributed by atoms with Crippen LogP contribution in [0.25, 0.3) is 16.8 Å². The Morgan fingerprint density at radius 3 is 2.12 bits per heavy atom. The zero-order valence-corrected chi connectivity index (χ0v) is 15.4. The maximum atomic E-state index is 12.6. The van der Waals surface area contributed by atoms with Crippen LogP contribution in [-0.2, 0) is 7.05 Å². The summed E-state index contributed by atoms with van der Waals surface area (Å²) in [4.78, 5) is 12.6. The summed E-state index contributed by atoms with van der Waals surface area (Å²) in [6.45, 7) is 1.91. The molecule has 0 saturated heterocycles. The third-order valence-electron chi connectivity index (χ3n) is 4.20. The molecule has 0 unspecified atom stereocenters. The lowest BCUT2D eigenvalue weighted by atomic mass is 10.1. The minimum Gasteiger partial charge on any atom is -0.493 e. The van der Waals surface area contributed by atoms with Crippen LogP contribution in [0.15, 0.2) is 41.6 Å². The molecule has 136 valence electrons. The van der Waals surface area contributed by atoms with Crippen LogP contribution >= 0.6 is 0 Å².